The number of pyridine rings is 1. The molecule has 2 amide bonds. The van der Waals surface area contributed by atoms with Crippen molar-refractivity contribution in [3.05, 3.63) is 54.4 Å². The number of para-hydroxylation sites is 1. The van der Waals surface area contributed by atoms with Gasteiger partial charge in [-0.2, -0.15) is 0 Å². The molecule has 0 spiro atoms. The van der Waals surface area contributed by atoms with Gasteiger partial charge in [-0.05, 0) is 30.7 Å². The van der Waals surface area contributed by atoms with E-state index in [-0.39, 0.29) is 6.03 Å². The fourth-order valence-electron chi connectivity index (χ4n) is 1.43. The largest absolute Gasteiger partial charge is 0.323 e. The number of amides is 2. The fraction of sp³-hybridized carbons (Fsp3) is 0.0769. The predicted molar refractivity (Wildman–Crippen MR) is 68.1 cm³/mol. The first-order valence-electron chi connectivity index (χ1n) is 5.29. The third kappa shape index (κ3) is 3.04. The van der Waals surface area contributed by atoms with E-state index in [0.717, 1.165) is 11.3 Å². The van der Waals surface area contributed by atoms with Gasteiger partial charge in [-0.15, -0.1) is 0 Å². The lowest BCUT2D eigenvalue weighted by Gasteiger charge is -2.09. The maximum Gasteiger partial charge on any atom is 0.323 e. The zero-order chi connectivity index (χ0) is 12.1. The third-order valence-electron chi connectivity index (χ3n) is 2.33. The number of nitrogens with one attached hydrogen (secondary N) is 2. The average molecular weight is 227 g/mol. The van der Waals surface area contributed by atoms with Gasteiger partial charge in [0, 0.05) is 23.8 Å². The summed E-state index contributed by atoms with van der Waals surface area (Å²) in [5, 5.41) is 5.52. The van der Waals surface area contributed by atoms with Crippen molar-refractivity contribution in [2.24, 2.45) is 0 Å². The second kappa shape index (κ2) is 5.12. The maximum atomic E-state index is 11.7. The lowest BCUT2D eigenvalue weighted by atomic mass is 10.2. The van der Waals surface area contributed by atoms with Crippen molar-refractivity contribution in [2.75, 3.05) is 10.6 Å². The number of anilines is 2. The molecule has 2 N–H and O–H groups in total. The zero-order valence-corrected chi connectivity index (χ0v) is 9.47. The molecule has 0 bridgehead atoms. The van der Waals surface area contributed by atoms with E-state index in [9.17, 15) is 4.79 Å². The van der Waals surface area contributed by atoms with Crippen molar-refractivity contribution in [1.29, 1.82) is 0 Å². The summed E-state index contributed by atoms with van der Waals surface area (Å²) < 4.78 is 0. The topological polar surface area (TPSA) is 54.0 Å². The van der Waals surface area contributed by atoms with Crippen LogP contribution in [0.15, 0.2) is 48.8 Å². The van der Waals surface area contributed by atoms with Crippen LogP contribution < -0.4 is 10.6 Å². The Morgan fingerprint density at radius 2 is 1.76 bits per heavy atom. The van der Waals surface area contributed by atoms with Crippen LogP contribution in [0.3, 0.4) is 0 Å². The molecule has 2 rings (SSSR count). The Hall–Kier alpha value is -2.36. The number of urea groups is 1. The lowest BCUT2D eigenvalue weighted by molar-refractivity contribution is 0.262. The molecule has 86 valence electrons. The minimum atomic E-state index is -0.259. The van der Waals surface area contributed by atoms with Gasteiger partial charge in [0.1, 0.15) is 0 Å². The Balaban J connectivity index is 2.01. The highest BCUT2D eigenvalue weighted by Gasteiger charge is 2.03. The number of nitrogens with zero attached hydrogens (tertiary/aromatic N) is 1. The van der Waals surface area contributed by atoms with Gasteiger partial charge < -0.3 is 10.6 Å². The molecule has 1 heterocycles. The Labute approximate surface area is 99.7 Å². The van der Waals surface area contributed by atoms with Crippen molar-refractivity contribution in [2.45, 2.75) is 6.92 Å². The van der Waals surface area contributed by atoms with Crippen LogP contribution in [0.1, 0.15) is 5.56 Å². The normalized spacial score (nSPS) is 9.71. The summed E-state index contributed by atoms with van der Waals surface area (Å²) >= 11 is 0. The molecule has 4 nitrogen and oxygen atoms in total. The third-order valence-corrected chi connectivity index (χ3v) is 2.33. The van der Waals surface area contributed by atoms with Gasteiger partial charge in [0.15, 0.2) is 0 Å². The number of carbonyl (C=O) groups is 1. The van der Waals surface area contributed by atoms with E-state index in [4.69, 9.17) is 0 Å². The summed E-state index contributed by atoms with van der Waals surface area (Å²) in [4.78, 5) is 15.6. The van der Waals surface area contributed by atoms with Crippen LogP contribution in [-0.2, 0) is 0 Å². The maximum absolute atomic E-state index is 11.7. The first kappa shape index (κ1) is 11.1. The monoisotopic (exact) mass is 227 g/mol. The Bertz CT molecular complexity index is 511. The van der Waals surface area contributed by atoms with Crippen LogP contribution in [0, 0.1) is 6.92 Å². The highest BCUT2D eigenvalue weighted by molar-refractivity contribution is 6.00. The second-order valence-electron chi connectivity index (χ2n) is 3.63. The van der Waals surface area contributed by atoms with Crippen LogP contribution in [0.5, 0.6) is 0 Å². The highest BCUT2D eigenvalue weighted by Crippen LogP contribution is 2.13. The van der Waals surface area contributed by atoms with Crippen molar-refractivity contribution >= 4 is 17.4 Å². The molecule has 0 fully saturated rings. The molecule has 4 heteroatoms. The number of rotatable bonds is 2. The quantitative estimate of drug-likeness (QED) is 0.828. The molecule has 1 aromatic carbocycles. The summed E-state index contributed by atoms with van der Waals surface area (Å²) in [6.45, 7) is 1.95. The molecule has 17 heavy (non-hydrogen) atoms. The molecule has 0 aliphatic heterocycles. The molecule has 1 aromatic heterocycles. The first-order chi connectivity index (χ1) is 8.25. The zero-order valence-electron chi connectivity index (χ0n) is 9.47. The van der Waals surface area contributed by atoms with Crippen molar-refractivity contribution < 1.29 is 4.79 Å². The van der Waals surface area contributed by atoms with E-state index in [1.165, 1.54) is 0 Å². The van der Waals surface area contributed by atoms with Crippen LogP contribution in [0.4, 0.5) is 16.2 Å². The Morgan fingerprint density at radius 1 is 1.06 bits per heavy atom. The number of hydrogen-bond acceptors (Lipinski definition) is 2. The molecule has 0 saturated carbocycles. The number of aromatic nitrogens is 1. The van der Waals surface area contributed by atoms with Gasteiger partial charge in [0.05, 0.1) is 0 Å². The first-order valence-corrected chi connectivity index (χ1v) is 5.29. The highest BCUT2D eigenvalue weighted by atomic mass is 16.2. The SMILES string of the molecule is Cc1ccccc1NC(=O)Nc1ccncc1. The summed E-state index contributed by atoms with van der Waals surface area (Å²) in [6.07, 6.45) is 3.26. The van der Waals surface area contributed by atoms with E-state index >= 15 is 0 Å². The number of carbonyl (C=O) groups excluding carboxylic acids is 1. The van der Waals surface area contributed by atoms with Gasteiger partial charge in [-0.3, -0.25) is 4.98 Å². The Kier molecular flexibility index (Phi) is 3.35. The standard InChI is InChI=1S/C13H13N3O/c1-10-4-2-3-5-12(10)16-13(17)15-11-6-8-14-9-7-11/h2-9H,1H3,(H2,14,15,16,17). The Morgan fingerprint density at radius 3 is 2.47 bits per heavy atom. The van der Waals surface area contributed by atoms with Crippen LogP contribution in [-0.4, -0.2) is 11.0 Å². The average Bonchev–Trinajstić information content (AvgIpc) is 2.33. The van der Waals surface area contributed by atoms with Crippen LogP contribution in [0.2, 0.25) is 0 Å². The van der Waals surface area contributed by atoms with Crippen molar-refractivity contribution in [3.63, 3.8) is 0 Å². The van der Waals surface area contributed by atoms with Gasteiger partial charge in [-0.1, -0.05) is 18.2 Å². The summed E-state index contributed by atoms with van der Waals surface area (Å²) in [6, 6.07) is 10.8. The van der Waals surface area contributed by atoms with Crippen molar-refractivity contribution in [1.82, 2.24) is 4.98 Å². The molecule has 0 aliphatic carbocycles. The minimum absolute atomic E-state index is 0.259. The molecule has 0 radical (unpaired) electrons. The summed E-state index contributed by atoms with van der Waals surface area (Å²) in [7, 11) is 0. The number of benzene rings is 1. The van der Waals surface area contributed by atoms with Crippen molar-refractivity contribution in [3.8, 4) is 0 Å². The summed E-state index contributed by atoms with van der Waals surface area (Å²) in [5.74, 6) is 0. The van der Waals surface area contributed by atoms with E-state index in [0.29, 0.717) is 5.69 Å². The van der Waals surface area contributed by atoms with Crippen LogP contribution >= 0.6 is 0 Å². The van der Waals surface area contributed by atoms with E-state index in [1.54, 1.807) is 24.5 Å². The molecule has 0 unspecified atom stereocenters. The van der Waals surface area contributed by atoms with Crippen LogP contribution in [0.25, 0.3) is 0 Å². The van der Waals surface area contributed by atoms with Gasteiger partial charge in [0.2, 0.25) is 0 Å². The van der Waals surface area contributed by atoms with E-state index < -0.39 is 0 Å². The summed E-state index contributed by atoms with van der Waals surface area (Å²) in [5.41, 5.74) is 2.54. The smallest absolute Gasteiger partial charge is 0.308 e. The van der Waals surface area contributed by atoms with E-state index in [1.807, 2.05) is 31.2 Å². The molecular weight excluding hydrogens is 214 g/mol. The minimum Gasteiger partial charge on any atom is -0.308 e. The van der Waals surface area contributed by atoms with Gasteiger partial charge in [0.25, 0.3) is 0 Å². The molecule has 0 aliphatic rings. The predicted octanol–water partition coefficient (Wildman–Crippen LogP) is 3.03. The number of aryl methyl sites for hydroxylation is 1. The molecule has 2 aromatic rings. The van der Waals surface area contributed by atoms with Gasteiger partial charge in [-0.25, -0.2) is 4.79 Å². The molecule has 0 atom stereocenters. The number of hydrogen-bond donors (Lipinski definition) is 2. The second-order valence-corrected chi connectivity index (χ2v) is 3.63. The van der Waals surface area contributed by atoms with Gasteiger partial charge >= 0.3 is 6.03 Å². The fourth-order valence-corrected chi connectivity index (χ4v) is 1.43. The molecular formula is C13H13N3O. The van der Waals surface area contributed by atoms with E-state index in [2.05, 4.69) is 15.6 Å². The lowest BCUT2D eigenvalue weighted by Crippen LogP contribution is -2.19. The molecule has 0 saturated heterocycles.